The van der Waals surface area contributed by atoms with Crippen molar-refractivity contribution in [2.24, 2.45) is 11.1 Å². The van der Waals surface area contributed by atoms with Crippen LogP contribution >= 0.6 is 0 Å². The Labute approximate surface area is 184 Å². The van der Waals surface area contributed by atoms with E-state index in [1.165, 1.54) is 0 Å². The number of Topliss-reactive ketones (excluding diaryl/α,β-unsaturated/α-hetero) is 1. The maximum absolute atomic E-state index is 13.6. The molecule has 0 saturated carbocycles. The monoisotopic (exact) mass is 411 g/mol. The van der Waals surface area contributed by atoms with Crippen molar-refractivity contribution in [1.29, 1.82) is 5.26 Å². The molecule has 2 aromatic carbocycles. The van der Waals surface area contributed by atoms with Crippen molar-refractivity contribution in [2.75, 3.05) is 4.90 Å². The summed E-state index contributed by atoms with van der Waals surface area (Å²) in [4.78, 5) is 15.5. The molecule has 0 spiro atoms. The number of allylic oxidation sites excluding steroid dienone is 3. The van der Waals surface area contributed by atoms with Crippen LogP contribution in [0.15, 0.2) is 65.1 Å². The number of rotatable bonds is 2. The molecular formula is C27H29N3O. The molecule has 1 atom stereocenters. The minimum atomic E-state index is -0.426. The van der Waals surface area contributed by atoms with E-state index >= 15 is 0 Å². The van der Waals surface area contributed by atoms with Crippen LogP contribution in [0.3, 0.4) is 0 Å². The largest absolute Gasteiger partial charge is 0.384 e. The van der Waals surface area contributed by atoms with Gasteiger partial charge >= 0.3 is 0 Å². The van der Waals surface area contributed by atoms with Crippen LogP contribution in [0, 0.1) is 37.5 Å². The second kappa shape index (κ2) is 7.42. The standard InChI is InChI=1S/C27H29N3O/c1-16-7-10-19(11-8-16)30-22-13-27(4,5)14-23(31)25(22)24(21(15-28)26(30)29)20-12-17(2)6-9-18(20)3/h6-12,24H,13-14,29H2,1-5H3. The summed E-state index contributed by atoms with van der Waals surface area (Å²) in [6.07, 6.45) is 1.19. The van der Waals surface area contributed by atoms with Gasteiger partial charge in [0.2, 0.25) is 0 Å². The first-order valence-corrected chi connectivity index (χ1v) is 10.7. The van der Waals surface area contributed by atoms with Crippen LogP contribution in [0.5, 0.6) is 0 Å². The van der Waals surface area contributed by atoms with Gasteiger partial charge in [0.1, 0.15) is 5.82 Å². The van der Waals surface area contributed by atoms with Gasteiger partial charge in [-0.15, -0.1) is 0 Å². The van der Waals surface area contributed by atoms with Gasteiger partial charge in [0.25, 0.3) is 0 Å². The number of hydrogen-bond donors (Lipinski definition) is 1. The lowest BCUT2D eigenvalue weighted by Gasteiger charge is -2.44. The second-order valence-electron chi connectivity index (χ2n) is 9.68. The molecule has 1 aliphatic heterocycles. The van der Waals surface area contributed by atoms with Crippen LogP contribution in [0.2, 0.25) is 0 Å². The minimum absolute atomic E-state index is 0.106. The maximum Gasteiger partial charge on any atom is 0.162 e. The predicted molar refractivity (Wildman–Crippen MR) is 124 cm³/mol. The highest BCUT2D eigenvalue weighted by Gasteiger charge is 2.44. The molecule has 1 heterocycles. The Bertz CT molecular complexity index is 1180. The van der Waals surface area contributed by atoms with E-state index in [0.717, 1.165) is 45.6 Å². The number of carbonyl (C=O) groups is 1. The van der Waals surface area contributed by atoms with Crippen molar-refractivity contribution >= 4 is 11.5 Å². The van der Waals surface area contributed by atoms with Gasteiger partial charge in [0.15, 0.2) is 5.78 Å². The topological polar surface area (TPSA) is 70.1 Å². The van der Waals surface area contributed by atoms with Crippen LogP contribution in [0.25, 0.3) is 0 Å². The van der Waals surface area contributed by atoms with Gasteiger partial charge in [0.05, 0.1) is 17.6 Å². The van der Waals surface area contributed by atoms with E-state index in [-0.39, 0.29) is 11.2 Å². The molecule has 4 heteroatoms. The minimum Gasteiger partial charge on any atom is -0.384 e. The Morgan fingerprint density at radius 3 is 2.32 bits per heavy atom. The van der Waals surface area contributed by atoms with Gasteiger partial charge in [-0.3, -0.25) is 9.69 Å². The number of ketones is 1. The van der Waals surface area contributed by atoms with E-state index in [1.54, 1.807) is 0 Å². The Balaban J connectivity index is 2.03. The molecule has 31 heavy (non-hydrogen) atoms. The molecular weight excluding hydrogens is 382 g/mol. The number of benzene rings is 2. The molecule has 4 nitrogen and oxygen atoms in total. The molecule has 0 fully saturated rings. The molecule has 0 aromatic heterocycles. The van der Waals surface area contributed by atoms with Gasteiger partial charge in [-0.1, -0.05) is 55.3 Å². The van der Waals surface area contributed by atoms with Crippen LogP contribution in [0.1, 0.15) is 54.9 Å². The van der Waals surface area contributed by atoms with Crippen molar-refractivity contribution in [3.05, 3.63) is 87.4 Å². The van der Waals surface area contributed by atoms with Crippen molar-refractivity contribution in [2.45, 2.75) is 53.4 Å². The Hall–Kier alpha value is -3.32. The normalized spacial score (nSPS) is 20.6. The summed E-state index contributed by atoms with van der Waals surface area (Å²) in [6, 6.07) is 16.6. The molecule has 0 amide bonds. The molecule has 1 aliphatic carbocycles. The zero-order valence-electron chi connectivity index (χ0n) is 18.9. The number of nitriles is 1. The summed E-state index contributed by atoms with van der Waals surface area (Å²) in [5.74, 6) is 0.0984. The molecule has 0 bridgehead atoms. The average Bonchev–Trinajstić information content (AvgIpc) is 2.69. The van der Waals surface area contributed by atoms with Gasteiger partial charge in [0, 0.05) is 23.4 Å². The van der Waals surface area contributed by atoms with E-state index in [0.29, 0.717) is 17.8 Å². The van der Waals surface area contributed by atoms with E-state index in [1.807, 2.05) is 49.9 Å². The van der Waals surface area contributed by atoms with E-state index in [9.17, 15) is 10.1 Å². The summed E-state index contributed by atoms with van der Waals surface area (Å²) in [5.41, 5.74) is 13.8. The van der Waals surface area contributed by atoms with Crippen LogP contribution in [0.4, 0.5) is 5.69 Å². The molecule has 0 saturated heterocycles. The Morgan fingerprint density at radius 2 is 1.68 bits per heavy atom. The highest BCUT2D eigenvalue weighted by atomic mass is 16.1. The fraction of sp³-hybridized carbons (Fsp3) is 0.333. The third kappa shape index (κ3) is 3.55. The third-order valence-corrected chi connectivity index (χ3v) is 6.42. The summed E-state index contributed by atoms with van der Waals surface area (Å²) in [7, 11) is 0. The molecule has 2 aliphatic rings. The summed E-state index contributed by atoms with van der Waals surface area (Å²) < 4.78 is 0. The van der Waals surface area contributed by atoms with E-state index < -0.39 is 5.92 Å². The van der Waals surface area contributed by atoms with Gasteiger partial charge < -0.3 is 5.73 Å². The van der Waals surface area contributed by atoms with Gasteiger partial charge in [-0.25, -0.2) is 0 Å². The zero-order chi connectivity index (χ0) is 22.5. The molecule has 0 radical (unpaired) electrons. The SMILES string of the molecule is Cc1ccc(N2C(N)=C(C#N)C(c3cc(C)ccc3C)C3=C2CC(C)(C)CC3=O)cc1. The summed E-state index contributed by atoms with van der Waals surface area (Å²) >= 11 is 0. The van der Waals surface area contributed by atoms with Crippen molar-refractivity contribution in [3.63, 3.8) is 0 Å². The summed E-state index contributed by atoms with van der Waals surface area (Å²) in [5, 5.41) is 10.2. The first-order chi connectivity index (χ1) is 14.6. The quantitative estimate of drug-likeness (QED) is 0.703. The van der Waals surface area contributed by atoms with Crippen molar-refractivity contribution in [3.8, 4) is 6.07 Å². The van der Waals surface area contributed by atoms with Crippen LogP contribution in [-0.2, 0) is 4.79 Å². The first-order valence-electron chi connectivity index (χ1n) is 10.7. The smallest absolute Gasteiger partial charge is 0.162 e. The molecule has 2 aromatic rings. The molecule has 4 rings (SSSR count). The van der Waals surface area contributed by atoms with E-state index in [4.69, 9.17) is 5.73 Å². The van der Waals surface area contributed by atoms with Gasteiger partial charge in [-0.2, -0.15) is 5.26 Å². The maximum atomic E-state index is 13.6. The lowest BCUT2D eigenvalue weighted by Crippen LogP contribution is -2.42. The highest BCUT2D eigenvalue weighted by molar-refractivity contribution is 6.01. The van der Waals surface area contributed by atoms with Crippen LogP contribution in [-0.4, -0.2) is 5.78 Å². The number of nitrogens with two attached hydrogens (primary N) is 1. The number of nitrogens with zero attached hydrogens (tertiary/aromatic N) is 2. The highest BCUT2D eigenvalue weighted by Crippen LogP contribution is 2.50. The first kappa shape index (κ1) is 20.9. The third-order valence-electron chi connectivity index (χ3n) is 6.42. The lowest BCUT2D eigenvalue weighted by molar-refractivity contribution is -0.118. The predicted octanol–water partition coefficient (Wildman–Crippen LogP) is 5.55. The lowest BCUT2D eigenvalue weighted by atomic mass is 9.68. The van der Waals surface area contributed by atoms with Crippen LogP contribution < -0.4 is 10.6 Å². The number of hydrogen-bond acceptors (Lipinski definition) is 4. The van der Waals surface area contributed by atoms with Crippen molar-refractivity contribution in [1.82, 2.24) is 0 Å². The zero-order valence-corrected chi connectivity index (χ0v) is 18.9. The summed E-state index contributed by atoms with van der Waals surface area (Å²) in [6.45, 7) is 10.3. The Kier molecular flexibility index (Phi) is 5.01. The molecule has 158 valence electrons. The number of carbonyl (C=O) groups excluding carboxylic acids is 1. The molecule has 1 unspecified atom stereocenters. The second-order valence-corrected chi connectivity index (χ2v) is 9.68. The number of anilines is 1. The molecule has 2 N–H and O–H groups in total. The fourth-order valence-electron chi connectivity index (χ4n) is 4.88. The Morgan fingerprint density at radius 1 is 1.03 bits per heavy atom. The average molecular weight is 412 g/mol. The number of aryl methyl sites for hydroxylation is 3. The van der Waals surface area contributed by atoms with E-state index in [2.05, 4.69) is 38.1 Å². The van der Waals surface area contributed by atoms with Gasteiger partial charge in [-0.05, 0) is 55.9 Å². The van der Waals surface area contributed by atoms with Crippen molar-refractivity contribution < 1.29 is 4.79 Å². The fourth-order valence-corrected chi connectivity index (χ4v) is 4.88.